The third kappa shape index (κ3) is 4.28. The van der Waals surface area contributed by atoms with Gasteiger partial charge in [-0.1, -0.05) is 24.3 Å². The van der Waals surface area contributed by atoms with Crippen LogP contribution in [-0.2, 0) is 16.0 Å². The maximum Gasteiger partial charge on any atom is 0.328 e. The first-order valence-corrected chi connectivity index (χ1v) is 8.34. The summed E-state index contributed by atoms with van der Waals surface area (Å²) in [7, 11) is 1.27. The van der Waals surface area contributed by atoms with Crippen molar-refractivity contribution in [3.05, 3.63) is 77.5 Å². The van der Waals surface area contributed by atoms with E-state index in [-0.39, 0.29) is 6.42 Å². The summed E-state index contributed by atoms with van der Waals surface area (Å²) in [6, 6.07) is 18.7. The van der Waals surface area contributed by atoms with Gasteiger partial charge in [0.05, 0.1) is 24.3 Å². The average Bonchev–Trinajstić information content (AvgIpc) is 2.72. The lowest BCUT2D eigenvalue weighted by Crippen LogP contribution is -2.43. The molecule has 27 heavy (non-hydrogen) atoms. The van der Waals surface area contributed by atoms with Crippen LogP contribution in [0, 0.1) is 11.3 Å². The van der Waals surface area contributed by atoms with Crippen LogP contribution in [0.4, 0.5) is 0 Å². The van der Waals surface area contributed by atoms with E-state index in [0.717, 1.165) is 10.9 Å². The average molecular weight is 359 g/mol. The van der Waals surface area contributed by atoms with Gasteiger partial charge in [0, 0.05) is 23.1 Å². The summed E-state index contributed by atoms with van der Waals surface area (Å²) in [4.78, 5) is 29.1. The molecule has 0 aliphatic heterocycles. The fraction of sp³-hybridized carbons (Fsp3) is 0.143. The molecule has 0 unspecified atom stereocenters. The molecular weight excluding hydrogens is 342 g/mol. The van der Waals surface area contributed by atoms with Crippen LogP contribution in [0.2, 0.25) is 0 Å². The number of ether oxygens (including phenoxy) is 1. The Balaban J connectivity index is 1.79. The number of fused-ring (bicyclic) bond motifs is 1. The van der Waals surface area contributed by atoms with Crippen LogP contribution >= 0.6 is 0 Å². The minimum Gasteiger partial charge on any atom is -0.467 e. The molecule has 0 saturated carbocycles. The number of para-hydroxylation sites is 1. The molecule has 1 aromatic heterocycles. The number of carbonyl (C=O) groups is 2. The second kappa shape index (κ2) is 8.11. The number of hydrogen-bond donors (Lipinski definition) is 1. The topological polar surface area (TPSA) is 92.1 Å². The van der Waals surface area contributed by atoms with Crippen LogP contribution in [0.15, 0.2) is 60.7 Å². The maximum absolute atomic E-state index is 12.5. The Morgan fingerprint density at radius 2 is 1.85 bits per heavy atom. The van der Waals surface area contributed by atoms with Crippen LogP contribution in [0.25, 0.3) is 10.9 Å². The first kappa shape index (κ1) is 18.1. The molecule has 134 valence electrons. The molecule has 6 heteroatoms. The number of rotatable bonds is 5. The van der Waals surface area contributed by atoms with Crippen molar-refractivity contribution < 1.29 is 14.3 Å². The Kier molecular flexibility index (Phi) is 5.43. The molecule has 0 radical (unpaired) electrons. The minimum absolute atomic E-state index is 0.208. The predicted molar refractivity (Wildman–Crippen MR) is 99.9 cm³/mol. The Labute approximate surface area is 156 Å². The summed E-state index contributed by atoms with van der Waals surface area (Å²) in [5.74, 6) is -0.970. The minimum atomic E-state index is -0.869. The Hall–Kier alpha value is -3.72. The summed E-state index contributed by atoms with van der Waals surface area (Å²) >= 11 is 0. The van der Waals surface area contributed by atoms with E-state index in [2.05, 4.69) is 10.3 Å². The molecule has 3 rings (SSSR count). The second-order valence-electron chi connectivity index (χ2n) is 5.94. The zero-order valence-corrected chi connectivity index (χ0v) is 14.7. The molecule has 1 heterocycles. The highest BCUT2D eigenvalue weighted by atomic mass is 16.5. The van der Waals surface area contributed by atoms with Crippen molar-refractivity contribution in [3.8, 4) is 6.07 Å². The lowest BCUT2D eigenvalue weighted by molar-refractivity contribution is -0.142. The number of aromatic nitrogens is 1. The summed E-state index contributed by atoms with van der Waals surface area (Å²) in [5, 5.41) is 12.5. The molecule has 0 spiro atoms. The van der Waals surface area contributed by atoms with Crippen molar-refractivity contribution in [2.24, 2.45) is 0 Å². The largest absolute Gasteiger partial charge is 0.467 e. The predicted octanol–water partition coefficient (Wildman–Crippen LogP) is 2.62. The summed E-state index contributed by atoms with van der Waals surface area (Å²) in [6.45, 7) is 0. The van der Waals surface area contributed by atoms with Crippen LogP contribution in [0.1, 0.15) is 21.6 Å². The van der Waals surface area contributed by atoms with Gasteiger partial charge in [-0.05, 0) is 36.4 Å². The van der Waals surface area contributed by atoms with Crippen molar-refractivity contribution in [1.29, 1.82) is 5.26 Å². The number of nitrogens with one attached hydrogen (secondary N) is 1. The van der Waals surface area contributed by atoms with E-state index in [1.807, 2.05) is 42.5 Å². The van der Waals surface area contributed by atoms with Gasteiger partial charge in [0.1, 0.15) is 6.04 Å². The summed E-state index contributed by atoms with van der Waals surface area (Å²) in [6.07, 6.45) is 0.208. The molecule has 2 aromatic carbocycles. The van der Waals surface area contributed by atoms with Crippen molar-refractivity contribution >= 4 is 22.8 Å². The van der Waals surface area contributed by atoms with Gasteiger partial charge < -0.3 is 10.1 Å². The standard InChI is InChI=1S/C21H17N3O3/c1-27-21(26)19(24-20(25)16-8-6-14(13-22)7-9-16)12-17-11-10-15-4-2-3-5-18(15)23-17/h2-11,19H,12H2,1H3,(H,24,25)/t19-/m1/s1. The number of esters is 1. The molecule has 0 aliphatic carbocycles. The smallest absolute Gasteiger partial charge is 0.328 e. The van der Waals surface area contributed by atoms with Gasteiger partial charge in [-0.25, -0.2) is 4.79 Å². The van der Waals surface area contributed by atoms with E-state index in [1.54, 1.807) is 12.1 Å². The highest BCUT2D eigenvalue weighted by Gasteiger charge is 2.23. The van der Waals surface area contributed by atoms with E-state index in [1.165, 1.54) is 19.2 Å². The fourth-order valence-electron chi connectivity index (χ4n) is 2.70. The number of hydrogen-bond acceptors (Lipinski definition) is 5. The van der Waals surface area contributed by atoms with Gasteiger partial charge in [0.2, 0.25) is 0 Å². The lowest BCUT2D eigenvalue weighted by Gasteiger charge is -2.16. The van der Waals surface area contributed by atoms with Crippen molar-refractivity contribution in [1.82, 2.24) is 10.3 Å². The van der Waals surface area contributed by atoms with Gasteiger partial charge in [0.15, 0.2) is 0 Å². The molecule has 0 aliphatic rings. The number of amides is 1. The molecule has 1 atom stereocenters. The third-order valence-electron chi connectivity index (χ3n) is 4.14. The van der Waals surface area contributed by atoms with E-state index in [9.17, 15) is 9.59 Å². The number of benzene rings is 2. The summed E-state index contributed by atoms with van der Waals surface area (Å²) in [5.41, 5.74) is 2.30. The molecule has 0 bridgehead atoms. The maximum atomic E-state index is 12.5. The van der Waals surface area contributed by atoms with E-state index in [4.69, 9.17) is 10.00 Å². The van der Waals surface area contributed by atoms with Crippen LogP contribution in [0.5, 0.6) is 0 Å². The van der Waals surface area contributed by atoms with E-state index >= 15 is 0 Å². The van der Waals surface area contributed by atoms with Crippen molar-refractivity contribution in [2.75, 3.05) is 7.11 Å². The zero-order chi connectivity index (χ0) is 19.2. The quantitative estimate of drug-likeness (QED) is 0.707. The van der Waals surface area contributed by atoms with Crippen LogP contribution < -0.4 is 5.32 Å². The van der Waals surface area contributed by atoms with Crippen LogP contribution in [0.3, 0.4) is 0 Å². The number of nitrogens with zero attached hydrogens (tertiary/aromatic N) is 2. The SMILES string of the molecule is COC(=O)[C@@H](Cc1ccc2ccccc2n1)NC(=O)c1ccc(C#N)cc1. The zero-order valence-electron chi connectivity index (χ0n) is 14.7. The Morgan fingerprint density at radius 3 is 2.56 bits per heavy atom. The van der Waals surface area contributed by atoms with Gasteiger partial charge in [-0.2, -0.15) is 5.26 Å². The highest BCUT2D eigenvalue weighted by Crippen LogP contribution is 2.13. The van der Waals surface area contributed by atoms with Gasteiger partial charge in [-0.15, -0.1) is 0 Å². The van der Waals surface area contributed by atoms with Crippen molar-refractivity contribution in [3.63, 3.8) is 0 Å². The molecule has 0 saturated heterocycles. The molecule has 1 N–H and O–H groups in total. The second-order valence-corrected chi connectivity index (χ2v) is 5.94. The first-order chi connectivity index (χ1) is 13.1. The van der Waals surface area contributed by atoms with Crippen LogP contribution in [-0.4, -0.2) is 30.0 Å². The molecule has 0 fully saturated rings. The third-order valence-corrected chi connectivity index (χ3v) is 4.14. The number of carbonyl (C=O) groups excluding carboxylic acids is 2. The highest BCUT2D eigenvalue weighted by molar-refractivity contribution is 5.97. The lowest BCUT2D eigenvalue weighted by atomic mass is 10.1. The van der Waals surface area contributed by atoms with E-state index < -0.39 is 17.9 Å². The monoisotopic (exact) mass is 359 g/mol. The van der Waals surface area contributed by atoms with Gasteiger partial charge in [-0.3, -0.25) is 9.78 Å². The van der Waals surface area contributed by atoms with E-state index in [0.29, 0.717) is 16.8 Å². The Morgan fingerprint density at radius 1 is 1.11 bits per heavy atom. The van der Waals surface area contributed by atoms with Crippen molar-refractivity contribution in [2.45, 2.75) is 12.5 Å². The molecule has 1 amide bonds. The Bertz CT molecular complexity index is 1020. The normalized spacial score (nSPS) is 11.4. The molecular formula is C21H17N3O3. The molecule has 6 nitrogen and oxygen atoms in total. The summed E-state index contributed by atoms with van der Waals surface area (Å²) < 4.78 is 4.82. The number of nitriles is 1. The number of pyridine rings is 1. The fourth-order valence-corrected chi connectivity index (χ4v) is 2.70. The molecule has 3 aromatic rings. The van der Waals surface area contributed by atoms with Gasteiger partial charge in [0.25, 0.3) is 5.91 Å². The number of methoxy groups -OCH3 is 1. The first-order valence-electron chi connectivity index (χ1n) is 8.34. The van der Waals surface area contributed by atoms with Gasteiger partial charge >= 0.3 is 5.97 Å².